The monoisotopic (exact) mass is 275 g/mol. The smallest absolute Gasteiger partial charge is 0.128 e. The lowest BCUT2D eigenvalue weighted by Gasteiger charge is -2.13. The van der Waals surface area contributed by atoms with Crippen LogP contribution in [0.1, 0.15) is 17.2 Å². The summed E-state index contributed by atoms with van der Waals surface area (Å²) in [6.45, 7) is 0.553. The van der Waals surface area contributed by atoms with Crippen molar-refractivity contribution in [2.24, 2.45) is 5.73 Å². The molecule has 0 aromatic heterocycles. The Hall–Kier alpha value is -1.91. The third kappa shape index (κ3) is 3.79. The Morgan fingerprint density at radius 1 is 1.10 bits per heavy atom. The van der Waals surface area contributed by atoms with Crippen molar-refractivity contribution in [2.75, 3.05) is 13.7 Å². The second-order valence-electron chi connectivity index (χ2n) is 4.49. The van der Waals surface area contributed by atoms with Gasteiger partial charge in [-0.15, -0.1) is 0 Å². The summed E-state index contributed by atoms with van der Waals surface area (Å²) >= 11 is 0. The summed E-state index contributed by atoms with van der Waals surface area (Å²) in [6, 6.07) is 13.8. The number of ether oxygens (including phenoxy) is 2. The molecule has 0 aliphatic carbocycles. The molecule has 4 heteroatoms. The van der Waals surface area contributed by atoms with Gasteiger partial charge in [0, 0.05) is 5.56 Å². The van der Waals surface area contributed by atoms with Gasteiger partial charge in [-0.05, 0) is 23.8 Å². The van der Waals surface area contributed by atoms with Crippen LogP contribution in [0.4, 0.5) is 4.39 Å². The Kier molecular flexibility index (Phi) is 5.09. The summed E-state index contributed by atoms with van der Waals surface area (Å²) in [4.78, 5) is 0. The molecule has 0 amide bonds. The number of halogens is 1. The van der Waals surface area contributed by atoms with Gasteiger partial charge in [0.25, 0.3) is 0 Å². The second-order valence-corrected chi connectivity index (χ2v) is 4.49. The Balaban J connectivity index is 1.85. The second kappa shape index (κ2) is 7.03. The van der Waals surface area contributed by atoms with Gasteiger partial charge in [0.1, 0.15) is 11.6 Å². The van der Waals surface area contributed by atoms with Crippen LogP contribution in [0.3, 0.4) is 0 Å². The van der Waals surface area contributed by atoms with Crippen LogP contribution in [0.2, 0.25) is 0 Å². The number of hydrogen-bond acceptors (Lipinski definition) is 3. The quantitative estimate of drug-likeness (QED) is 0.881. The van der Waals surface area contributed by atoms with E-state index < -0.39 is 0 Å². The van der Waals surface area contributed by atoms with Crippen LogP contribution in [-0.2, 0) is 11.3 Å². The molecule has 1 unspecified atom stereocenters. The molecule has 2 aromatic rings. The van der Waals surface area contributed by atoms with Crippen molar-refractivity contribution in [3.05, 3.63) is 65.5 Å². The van der Waals surface area contributed by atoms with Gasteiger partial charge < -0.3 is 15.2 Å². The number of hydrogen-bond donors (Lipinski definition) is 1. The summed E-state index contributed by atoms with van der Waals surface area (Å²) in [5.74, 6) is 0.527. The lowest BCUT2D eigenvalue weighted by Crippen LogP contribution is -2.17. The van der Waals surface area contributed by atoms with E-state index in [1.54, 1.807) is 25.3 Å². The molecule has 0 fully saturated rings. The molecule has 106 valence electrons. The molecule has 0 spiro atoms. The van der Waals surface area contributed by atoms with E-state index in [0.29, 0.717) is 12.2 Å². The van der Waals surface area contributed by atoms with Crippen LogP contribution in [-0.4, -0.2) is 13.7 Å². The van der Waals surface area contributed by atoms with E-state index in [2.05, 4.69) is 0 Å². The van der Waals surface area contributed by atoms with E-state index in [0.717, 1.165) is 11.3 Å². The van der Waals surface area contributed by atoms with E-state index >= 15 is 0 Å². The van der Waals surface area contributed by atoms with Crippen molar-refractivity contribution < 1.29 is 13.9 Å². The van der Waals surface area contributed by atoms with E-state index in [9.17, 15) is 4.39 Å². The molecular weight excluding hydrogens is 257 g/mol. The van der Waals surface area contributed by atoms with Gasteiger partial charge in [0.2, 0.25) is 0 Å². The maximum absolute atomic E-state index is 13.4. The van der Waals surface area contributed by atoms with Crippen molar-refractivity contribution >= 4 is 0 Å². The van der Waals surface area contributed by atoms with Crippen molar-refractivity contribution in [3.8, 4) is 5.75 Å². The van der Waals surface area contributed by atoms with Gasteiger partial charge >= 0.3 is 0 Å². The topological polar surface area (TPSA) is 44.5 Å². The minimum atomic E-state index is -0.259. The summed E-state index contributed by atoms with van der Waals surface area (Å²) in [7, 11) is 1.62. The molecule has 0 saturated heterocycles. The molecule has 3 nitrogen and oxygen atoms in total. The molecule has 2 rings (SSSR count). The van der Waals surface area contributed by atoms with E-state index in [4.69, 9.17) is 15.2 Å². The first-order valence-corrected chi connectivity index (χ1v) is 6.41. The fourth-order valence-electron chi connectivity index (χ4n) is 1.86. The predicted molar refractivity (Wildman–Crippen MR) is 76.0 cm³/mol. The van der Waals surface area contributed by atoms with E-state index in [1.807, 2.05) is 24.3 Å². The van der Waals surface area contributed by atoms with Gasteiger partial charge in [-0.1, -0.05) is 30.3 Å². The fourth-order valence-corrected chi connectivity index (χ4v) is 1.86. The molecule has 0 bridgehead atoms. The van der Waals surface area contributed by atoms with Gasteiger partial charge in [0.15, 0.2) is 0 Å². The summed E-state index contributed by atoms with van der Waals surface area (Å²) in [5.41, 5.74) is 7.52. The third-order valence-electron chi connectivity index (χ3n) is 3.06. The lowest BCUT2D eigenvalue weighted by atomic mass is 10.1. The van der Waals surface area contributed by atoms with Crippen LogP contribution in [0.25, 0.3) is 0 Å². The number of nitrogens with two attached hydrogens (primary N) is 1. The first-order valence-electron chi connectivity index (χ1n) is 6.41. The third-order valence-corrected chi connectivity index (χ3v) is 3.06. The van der Waals surface area contributed by atoms with Gasteiger partial charge in [-0.25, -0.2) is 4.39 Å². The van der Waals surface area contributed by atoms with E-state index in [1.165, 1.54) is 6.07 Å². The van der Waals surface area contributed by atoms with Crippen molar-refractivity contribution in [1.29, 1.82) is 0 Å². The molecule has 1 atom stereocenters. The first kappa shape index (κ1) is 14.5. The van der Waals surface area contributed by atoms with Crippen LogP contribution in [0.5, 0.6) is 5.75 Å². The zero-order chi connectivity index (χ0) is 14.4. The van der Waals surface area contributed by atoms with Crippen LogP contribution in [0.15, 0.2) is 48.5 Å². The minimum Gasteiger partial charge on any atom is -0.497 e. The molecule has 0 saturated carbocycles. The zero-order valence-electron chi connectivity index (χ0n) is 11.4. The predicted octanol–water partition coefficient (Wildman–Crippen LogP) is 3.05. The molecule has 0 aliphatic rings. The Labute approximate surface area is 118 Å². The highest BCUT2D eigenvalue weighted by atomic mass is 19.1. The summed E-state index contributed by atoms with van der Waals surface area (Å²) < 4.78 is 24.0. The average molecular weight is 275 g/mol. The molecule has 2 aromatic carbocycles. The number of methoxy groups -OCH3 is 1. The largest absolute Gasteiger partial charge is 0.497 e. The highest BCUT2D eigenvalue weighted by Gasteiger charge is 2.07. The van der Waals surface area contributed by atoms with Gasteiger partial charge in [0.05, 0.1) is 26.4 Å². The van der Waals surface area contributed by atoms with Gasteiger partial charge in [-0.3, -0.25) is 0 Å². The lowest BCUT2D eigenvalue weighted by molar-refractivity contribution is 0.106. The van der Waals surface area contributed by atoms with Crippen LogP contribution >= 0.6 is 0 Å². The average Bonchev–Trinajstić information content (AvgIpc) is 2.49. The summed E-state index contributed by atoms with van der Waals surface area (Å²) in [5, 5.41) is 0. The molecule has 0 heterocycles. The molecule has 20 heavy (non-hydrogen) atoms. The Morgan fingerprint density at radius 3 is 2.45 bits per heavy atom. The minimum absolute atomic E-state index is 0.219. The number of benzene rings is 2. The standard InChI is InChI=1S/C16H18FNO2/c1-19-14-8-6-12(7-9-14)16(18)11-20-10-13-4-2-3-5-15(13)17/h2-9,16H,10-11,18H2,1H3. The Bertz CT molecular complexity index is 542. The Morgan fingerprint density at radius 2 is 1.80 bits per heavy atom. The SMILES string of the molecule is COc1ccc(C(N)COCc2ccccc2F)cc1. The van der Waals surface area contributed by atoms with Gasteiger partial charge in [-0.2, -0.15) is 0 Å². The molecular formula is C16H18FNO2. The van der Waals surface area contributed by atoms with Crippen molar-refractivity contribution in [2.45, 2.75) is 12.6 Å². The summed E-state index contributed by atoms with van der Waals surface area (Å²) in [6.07, 6.45) is 0. The van der Waals surface area contributed by atoms with Crippen molar-refractivity contribution in [1.82, 2.24) is 0 Å². The maximum Gasteiger partial charge on any atom is 0.128 e. The highest BCUT2D eigenvalue weighted by Crippen LogP contribution is 2.17. The normalized spacial score (nSPS) is 12.2. The van der Waals surface area contributed by atoms with E-state index in [-0.39, 0.29) is 18.5 Å². The van der Waals surface area contributed by atoms with Crippen LogP contribution < -0.4 is 10.5 Å². The van der Waals surface area contributed by atoms with Crippen molar-refractivity contribution in [3.63, 3.8) is 0 Å². The highest BCUT2D eigenvalue weighted by molar-refractivity contribution is 5.29. The molecule has 0 aliphatic heterocycles. The molecule has 2 N–H and O–H groups in total. The first-order chi connectivity index (χ1) is 9.70. The maximum atomic E-state index is 13.4. The van der Waals surface area contributed by atoms with Crippen LogP contribution in [0, 0.1) is 5.82 Å². The fraction of sp³-hybridized carbons (Fsp3) is 0.250. The number of rotatable bonds is 6. The zero-order valence-corrected chi connectivity index (χ0v) is 11.4. The molecule has 0 radical (unpaired) electrons.